The molecule has 0 spiro atoms. The summed E-state index contributed by atoms with van der Waals surface area (Å²) in [6.07, 6.45) is 24.1. The summed E-state index contributed by atoms with van der Waals surface area (Å²) in [5.74, 6) is 12.3. The number of hydrogen-bond donors (Lipinski definition) is 0. The second kappa shape index (κ2) is 10.9. The molecule has 0 atom stereocenters. The van der Waals surface area contributed by atoms with Crippen LogP contribution in [0.2, 0.25) is 0 Å². The van der Waals surface area contributed by atoms with E-state index in [1.54, 1.807) is 0 Å². The van der Waals surface area contributed by atoms with E-state index in [0.29, 0.717) is 0 Å². The van der Waals surface area contributed by atoms with Crippen molar-refractivity contribution in [2.75, 3.05) is 0 Å². The highest BCUT2D eigenvalue weighted by Crippen LogP contribution is 2.10. The molecule has 0 N–H and O–H groups in total. The van der Waals surface area contributed by atoms with Gasteiger partial charge in [0.05, 0.1) is 0 Å². The molecule has 1 aliphatic carbocycles. The molecular formula is C28H20. The number of rotatable bonds is 0. The molecule has 0 heterocycles. The summed E-state index contributed by atoms with van der Waals surface area (Å²) in [5.41, 5.74) is 4.08. The van der Waals surface area contributed by atoms with Gasteiger partial charge in [0.25, 0.3) is 0 Å². The first-order chi connectivity index (χ1) is 13.9. The largest absolute Gasteiger partial charge is 0.0623 e. The Morgan fingerprint density at radius 3 is 1.18 bits per heavy atom. The molecule has 0 unspecified atom stereocenters. The maximum atomic E-state index is 3.17. The molecule has 0 aromatic heterocycles. The highest BCUT2D eigenvalue weighted by molar-refractivity contribution is 5.63. The molecule has 0 radical (unpaired) electrons. The maximum Gasteiger partial charge on any atom is 0.0327 e. The van der Waals surface area contributed by atoms with Crippen molar-refractivity contribution < 1.29 is 0 Å². The molecule has 132 valence electrons. The Balaban J connectivity index is 1.98. The third-order valence-electron chi connectivity index (χ3n) is 3.93. The second-order valence-corrected chi connectivity index (χ2v) is 5.93. The Morgan fingerprint density at radius 2 is 0.750 bits per heavy atom. The van der Waals surface area contributed by atoms with Gasteiger partial charge in [-0.1, -0.05) is 121 Å². The number of hydrogen-bond acceptors (Lipinski definition) is 0. The van der Waals surface area contributed by atoms with E-state index in [9.17, 15) is 0 Å². The Morgan fingerprint density at radius 1 is 0.393 bits per heavy atom. The quantitative estimate of drug-likeness (QED) is 0.482. The minimum Gasteiger partial charge on any atom is -0.0623 e. The molecule has 0 amide bonds. The lowest BCUT2D eigenvalue weighted by atomic mass is 10.1. The monoisotopic (exact) mass is 356 g/mol. The molecule has 0 fully saturated rings. The van der Waals surface area contributed by atoms with Crippen LogP contribution in [0.1, 0.15) is 22.3 Å². The number of allylic oxidation sites excluding steroid dienone is 10. The van der Waals surface area contributed by atoms with Gasteiger partial charge in [-0.3, -0.25) is 0 Å². The van der Waals surface area contributed by atoms with E-state index >= 15 is 0 Å². The van der Waals surface area contributed by atoms with Crippen molar-refractivity contribution in [2.24, 2.45) is 0 Å². The fourth-order valence-electron chi connectivity index (χ4n) is 2.54. The van der Waals surface area contributed by atoms with Crippen LogP contribution in [0.3, 0.4) is 0 Å². The summed E-state index contributed by atoms with van der Waals surface area (Å²) in [5, 5.41) is 0. The van der Waals surface area contributed by atoms with E-state index in [2.05, 4.69) is 48.0 Å². The lowest BCUT2D eigenvalue weighted by Gasteiger charge is -1.97. The molecule has 28 heavy (non-hydrogen) atoms. The van der Waals surface area contributed by atoms with Gasteiger partial charge in [-0.25, -0.2) is 0 Å². The smallest absolute Gasteiger partial charge is 0.0327 e. The lowest BCUT2D eigenvalue weighted by molar-refractivity contribution is 1.59. The first kappa shape index (κ1) is 18.8. The number of benzene rings is 2. The first-order valence-corrected chi connectivity index (χ1v) is 9.15. The van der Waals surface area contributed by atoms with Crippen LogP contribution in [0.25, 0.3) is 12.2 Å². The average Bonchev–Trinajstić information content (AvgIpc) is 2.73. The Bertz CT molecular complexity index is 1020. The standard InChI is InChI=1S/C28H20/c1-2-4-6-8-10-18-26-20-12-14-22-28(26)24-16-15-23-27-21-13-11-19-25(27)17-9-7-5-3-1/h1-14,17-22H/b2-1?,3-1-,4-2+,5-3?,6-4?,7-5-,8-6+,9-7?,10-8?,17-9+,18-10+,25-17?,26-18?. The van der Waals surface area contributed by atoms with Crippen molar-refractivity contribution in [1.82, 2.24) is 0 Å². The van der Waals surface area contributed by atoms with Crippen molar-refractivity contribution in [3.8, 4) is 23.7 Å². The molecule has 1 aliphatic rings. The van der Waals surface area contributed by atoms with Crippen LogP contribution < -0.4 is 0 Å². The predicted octanol–water partition coefficient (Wildman–Crippen LogP) is 6.35. The van der Waals surface area contributed by atoms with Crippen LogP contribution in [0, 0.1) is 23.7 Å². The van der Waals surface area contributed by atoms with Crippen molar-refractivity contribution in [3.63, 3.8) is 0 Å². The summed E-state index contributed by atoms with van der Waals surface area (Å²) < 4.78 is 0. The van der Waals surface area contributed by atoms with Crippen molar-refractivity contribution >= 4 is 12.2 Å². The minimum absolute atomic E-state index is 0.965. The molecule has 0 heteroatoms. The first-order valence-electron chi connectivity index (χ1n) is 9.15. The van der Waals surface area contributed by atoms with Crippen LogP contribution in [-0.2, 0) is 0 Å². The highest BCUT2D eigenvalue weighted by Gasteiger charge is 1.94. The third-order valence-corrected chi connectivity index (χ3v) is 3.93. The summed E-state index contributed by atoms with van der Waals surface area (Å²) in [6, 6.07) is 16.1. The van der Waals surface area contributed by atoms with Gasteiger partial charge in [0.15, 0.2) is 0 Å². The highest BCUT2D eigenvalue weighted by atomic mass is 14.0. The normalized spacial score (nSPS) is 19.7. The summed E-state index contributed by atoms with van der Waals surface area (Å²) >= 11 is 0. The fourth-order valence-corrected chi connectivity index (χ4v) is 2.54. The molecule has 0 saturated heterocycles. The van der Waals surface area contributed by atoms with Crippen molar-refractivity contribution in [3.05, 3.63) is 132 Å². The van der Waals surface area contributed by atoms with Gasteiger partial charge in [-0.15, -0.1) is 0 Å². The fraction of sp³-hybridized carbons (Fsp3) is 0. The predicted molar refractivity (Wildman–Crippen MR) is 121 cm³/mol. The van der Waals surface area contributed by atoms with Crippen molar-refractivity contribution in [1.29, 1.82) is 0 Å². The minimum atomic E-state index is 0.965. The summed E-state index contributed by atoms with van der Waals surface area (Å²) in [6.45, 7) is 0. The van der Waals surface area contributed by atoms with E-state index in [1.165, 1.54) is 0 Å². The van der Waals surface area contributed by atoms with Crippen LogP contribution >= 0.6 is 0 Å². The molecule has 2 aromatic rings. The van der Waals surface area contributed by atoms with Crippen molar-refractivity contribution in [2.45, 2.75) is 0 Å². The third kappa shape index (κ3) is 6.06. The summed E-state index contributed by atoms with van der Waals surface area (Å²) in [4.78, 5) is 0. The zero-order chi connectivity index (χ0) is 19.3. The van der Waals surface area contributed by atoms with Gasteiger partial charge >= 0.3 is 0 Å². The lowest BCUT2D eigenvalue weighted by Crippen LogP contribution is -1.81. The van der Waals surface area contributed by atoms with Crippen LogP contribution in [-0.4, -0.2) is 0 Å². The van der Waals surface area contributed by atoms with Crippen LogP contribution in [0.5, 0.6) is 0 Å². The Labute approximate surface area is 167 Å². The van der Waals surface area contributed by atoms with Crippen LogP contribution in [0.15, 0.2) is 109 Å². The van der Waals surface area contributed by atoms with Gasteiger partial charge in [-0.05, 0) is 35.1 Å². The zero-order valence-corrected chi connectivity index (χ0v) is 15.5. The van der Waals surface area contributed by atoms with Gasteiger partial charge in [-0.2, -0.15) is 0 Å². The summed E-state index contributed by atoms with van der Waals surface area (Å²) in [7, 11) is 0. The Hall–Kier alpha value is -4.00. The molecule has 0 nitrogen and oxygen atoms in total. The molecule has 2 aromatic carbocycles. The van der Waals surface area contributed by atoms with E-state index < -0.39 is 0 Å². The average molecular weight is 356 g/mol. The Kier molecular flexibility index (Phi) is 7.29. The zero-order valence-electron chi connectivity index (χ0n) is 15.5. The maximum absolute atomic E-state index is 3.17. The topological polar surface area (TPSA) is 0 Å². The van der Waals surface area contributed by atoms with Crippen LogP contribution in [0.4, 0.5) is 0 Å². The molecule has 3 rings (SSSR count). The van der Waals surface area contributed by atoms with E-state index in [0.717, 1.165) is 22.3 Å². The SMILES string of the molecule is C1#Cc2ccccc2/C=C/C=C\C=C/C=C/C=C/C=C/c2ccccc2C#C1. The number of fused-ring (bicyclic) bond motifs is 2. The van der Waals surface area contributed by atoms with Gasteiger partial charge in [0, 0.05) is 11.1 Å². The van der Waals surface area contributed by atoms with E-state index in [4.69, 9.17) is 0 Å². The molecule has 0 saturated carbocycles. The van der Waals surface area contributed by atoms with E-state index in [1.807, 2.05) is 97.2 Å². The molecule has 0 aliphatic heterocycles. The molecular weight excluding hydrogens is 336 g/mol. The molecule has 0 bridgehead atoms. The van der Waals surface area contributed by atoms with E-state index in [-0.39, 0.29) is 0 Å². The van der Waals surface area contributed by atoms with Gasteiger partial charge in [0.2, 0.25) is 0 Å². The van der Waals surface area contributed by atoms with Gasteiger partial charge < -0.3 is 0 Å². The van der Waals surface area contributed by atoms with Gasteiger partial charge in [0.1, 0.15) is 0 Å². The second-order valence-electron chi connectivity index (χ2n) is 5.93.